The third kappa shape index (κ3) is 7.00. The minimum Gasteiger partial charge on any atom is -0.393 e. The van der Waals surface area contributed by atoms with Gasteiger partial charge in [0.05, 0.1) is 6.10 Å². The Morgan fingerprint density at radius 3 is 2.72 bits per heavy atom. The lowest BCUT2D eigenvalue weighted by molar-refractivity contribution is -0.121. The number of hydrogen-bond acceptors (Lipinski definition) is 2. The molecule has 0 aromatic carbocycles. The average Bonchev–Trinajstić information content (AvgIpc) is 2.39. The lowest BCUT2D eigenvalue weighted by atomic mass is 9.86. The second-order valence-electron chi connectivity index (χ2n) is 5.60. The smallest absolute Gasteiger partial charge is 0.219 e. The molecule has 0 saturated heterocycles. The van der Waals surface area contributed by atoms with Crippen LogP contribution in [-0.4, -0.2) is 23.7 Å². The summed E-state index contributed by atoms with van der Waals surface area (Å²) >= 11 is 0. The Balaban J connectivity index is 1.96. The number of aliphatic hydroxyl groups is 1. The topological polar surface area (TPSA) is 49.3 Å². The zero-order chi connectivity index (χ0) is 13.2. The first kappa shape index (κ1) is 15.5. The molecule has 0 radical (unpaired) electrons. The van der Waals surface area contributed by atoms with Gasteiger partial charge in [-0.25, -0.2) is 0 Å². The van der Waals surface area contributed by atoms with E-state index in [0.29, 0.717) is 19.4 Å². The summed E-state index contributed by atoms with van der Waals surface area (Å²) < 4.78 is 0. The molecule has 0 aromatic heterocycles. The average molecular weight is 255 g/mol. The van der Waals surface area contributed by atoms with Crippen molar-refractivity contribution >= 4 is 5.91 Å². The lowest BCUT2D eigenvalue weighted by Gasteiger charge is -2.21. The first-order valence-corrected chi connectivity index (χ1v) is 7.67. The van der Waals surface area contributed by atoms with Gasteiger partial charge in [0.25, 0.3) is 0 Å². The van der Waals surface area contributed by atoms with Crippen molar-refractivity contribution in [2.24, 2.45) is 5.92 Å². The Morgan fingerprint density at radius 1 is 1.33 bits per heavy atom. The molecule has 0 aliphatic heterocycles. The summed E-state index contributed by atoms with van der Waals surface area (Å²) in [7, 11) is 0. The van der Waals surface area contributed by atoms with Crippen LogP contribution in [0.25, 0.3) is 0 Å². The number of aliphatic hydroxyl groups excluding tert-OH is 1. The van der Waals surface area contributed by atoms with E-state index in [2.05, 4.69) is 5.32 Å². The molecule has 1 aliphatic carbocycles. The van der Waals surface area contributed by atoms with Crippen molar-refractivity contribution < 1.29 is 9.90 Å². The molecular formula is C15H29NO2. The van der Waals surface area contributed by atoms with Crippen LogP contribution >= 0.6 is 0 Å². The number of hydrogen-bond donors (Lipinski definition) is 2. The molecule has 1 amide bonds. The van der Waals surface area contributed by atoms with Crippen molar-refractivity contribution in [3.8, 4) is 0 Å². The van der Waals surface area contributed by atoms with E-state index in [9.17, 15) is 9.90 Å². The van der Waals surface area contributed by atoms with Gasteiger partial charge in [-0.15, -0.1) is 0 Å². The Morgan fingerprint density at radius 2 is 2.06 bits per heavy atom. The van der Waals surface area contributed by atoms with Gasteiger partial charge in [-0.3, -0.25) is 4.79 Å². The van der Waals surface area contributed by atoms with Gasteiger partial charge in [0.15, 0.2) is 0 Å². The normalized spacial score (nSPS) is 18.6. The maximum absolute atomic E-state index is 11.6. The fourth-order valence-corrected chi connectivity index (χ4v) is 2.70. The molecule has 1 aliphatic rings. The van der Waals surface area contributed by atoms with Crippen LogP contribution in [0.15, 0.2) is 0 Å². The fourth-order valence-electron chi connectivity index (χ4n) is 2.70. The SMILES string of the molecule is CCC(O)CCNC(=O)CCCC1CCCCC1. The van der Waals surface area contributed by atoms with Crippen molar-refractivity contribution in [3.63, 3.8) is 0 Å². The van der Waals surface area contributed by atoms with Gasteiger partial charge in [-0.05, 0) is 31.6 Å². The Kier molecular flexibility index (Phi) is 8.06. The summed E-state index contributed by atoms with van der Waals surface area (Å²) in [5, 5.41) is 12.3. The van der Waals surface area contributed by atoms with Gasteiger partial charge in [0, 0.05) is 13.0 Å². The molecule has 3 nitrogen and oxygen atoms in total. The molecule has 1 saturated carbocycles. The number of carbonyl (C=O) groups is 1. The standard InChI is InChI=1S/C15H29NO2/c1-2-14(17)11-12-16-15(18)10-6-9-13-7-4-3-5-8-13/h13-14,17H,2-12H2,1H3,(H,16,18). The molecule has 0 bridgehead atoms. The first-order valence-electron chi connectivity index (χ1n) is 7.67. The third-order valence-electron chi connectivity index (χ3n) is 4.01. The summed E-state index contributed by atoms with van der Waals surface area (Å²) in [5.74, 6) is 1.02. The predicted octanol–water partition coefficient (Wildman–Crippen LogP) is 3.01. The second kappa shape index (κ2) is 9.37. The monoisotopic (exact) mass is 255 g/mol. The fraction of sp³-hybridized carbons (Fsp3) is 0.933. The molecule has 18 heavy (non-hydrogen) atoms. The molecule has 3 heteroatoms. The summed E-state index contributed by atoms with van der Waals surface area (Å²) in [6, 6.07) is 0. The van der Waals surface area contributed by atoms with E-state index >= 15 is 0 Å². The van der Waals surface area contributed by atoms with E-state index in [1.807, 2.05) is 6.92 Å². The quantitative estimate of drug-likeness (QED) is 0.700. The Bertz CT molecular complexity index is 225. The van der Waals surface area contributed by atoms with Crippen LogP contribution in [0.2, 0.25) is 0 Å². The van der Waals surface area contributed by atoms with Gasteiger partial charge in [0.2, 0.25) is 5.91 Å². The van der Waals surface area contributed by atoms with E-state index in [4.69, 9.17) is 0 Å². The van der Waals surface area contributed by atoms with Crippen LogP contribution < -0.4 is 5.32 Å². The lowest BCUT2D eigenvalue weighted by Crippen LogP contribution is -2.26. The molecule has 1 fully saturated rings. The second-order valence-corrected chi connectivity index (χ2v) is 5.60. The zero-order valence-electron chi connectivity index (χ0n) is 11.8. The third-order valence-corrected chi connectivity index (χ3v) is 4.01. The van der Waals surface area contributed by atoms with Crippen molar-refractivity contribution in [1.29, 1.82) is 0 Å². The van der Waals surface area contributed by atoms with Crippen LogP contribution in [-0.2, 0) is 4.79 Å². The molecule has 0 heterocycles. The van der Waals surface area contributed by atoms with Crippen LogP contribution in [0.4, 0.5) is 0 Å². The highest BCUT2D eigenvalue weighted by atomic mass is 16.3. The first-order chi connectivity index (χ1) is 8.72. The molecule has 2 N–H and O–H groups in total. The van der Waals surface area contributed by atoms with Crippen molar-refractivity contribution in [3.05, 3.63) is 0 Å². The molecule has 1 atom stereocenters. The predicted molar refractivity (Wildman–Crippen MR) is 74.4 cm³/mol. The van der Waals surface area contributed by atoms with Gasteiger partial charge >= 0.3 is 0 Å². The van der Waals surface area contributed by atoms with Gasteiger partial charge in [-0.1, -0.05) is 39.0 Å². The van der Waals surface area contributed by atoms with Gasteiger partial charge in [-0.2, -0.15) is 0 Å². The molecule has 1 unspecified atom stereocenters. The highest BCUT2D eigenvalue weighted by Crippen LogP contribution is 2.27. The maximum atomic E-state index is 11.6. The van der Waals surface area contributed by atoms with Crippen LogP contribution in [0.3, 0.4) is 0 Å². The van der Waals surface area contributed by atoms with Gasteiger partial charge < -0.3 is 10.4 Å². The minimum absolute atomic E-state index is 0.147. The van der Waals surface area contributed by atoms with E-state index in [0.717, 1.165) is 18.8 Å². The largest absolute Gasteiger partial charge is 0.393 e. The summed E-state index contributed by atoms with van der Waals surface area (Å²) in [5.41, 5.74) is 0. The minimum atomic E-state index is -0.271. The van der Waals surface area contributed by atoms with Crippen molar-refractivity contribution in [1.82, 2.24) is 5.32 Å². The highest BCUT2D eigenvalue weighted by Gasteiger charge is 2.13. The number of amides is 1. The summed E-state index contributed by atoms with van der Waals surface area (Å²) in [4.78, 5) is 11.6. The Hall–Kier alpha value is -0.570. The molecule has 106 valence electrons. The van der Waals surface area contributed by atoms with E-state index < -0.39 is 0 Å². The molecular weight excluding hydrogens is 226 g/mol. The molecule has 1 rings (SSSR count). The molecule has 0 spiro atoms. The van der Waals surface area contributed by atoms with E-state index in [-0.39, 0.29) is 12.0 Å². The van der Waals surface area contributed by atoms with Crippen molar-refractivity contribution in [2.45, 2.75) is 77.2 Å². The van der Waals surface area contributed by atoms with Crippen LogP contribution in [0.1, 0.15) is 71.1 Å². The Labute approximate surface area is 111 Å². The number of carbonyl (C=O) groups excluding carboxylic acids is 1. The highest BCUT2D eigenvalue weighted by molar-refractivity contribution is 5.75. The summed E-state index contributed by atoms with van der Waals surface area (Å²) in [6.07, 6.45) is 10.9. The number of rotatable bonds is 8. The maximum Gasteiger partial charge on any atom is 0.219 e. The van der Waals surface area contributed by atoms with E-state index in [1.165, 1.54) is 38.5 Å². The van der Waals surface area contributed by atoms with Crippen LogP contribution in [0, 0.1) is 5.92 Å². The van der Waals surface area contributed by atoms with E-state index in [1.54, 1.807) is 0 Å². The number of nitrogens with one attached hydrogen (secondary N) is 1. The van der Waals surface area contributed by atoms with Crippen LogP contribution in [0.5, 0.6) is 0 Å². The van der Waals surface area contributed by atoms with Crippen molar-refractivity contribution in [2.75, 3.05) is 6.54 Å². The summed E-state index contributed by atoms with van der Waals surface area (Å²) in [6.45, 7) is 2.56. The molecule has 0 aromatic rings. The zero-order valence-corrected chi connectivity index (χ0v) is 11.8. The van der Waals surface area contributed by atoms with Gasteiger partial charge in [0.1, 0.15) is 0 Å².